The summed E-state index contributed by atoms with van der Waals surface area (Å²) in [7, 11) is 0. The number of aromatic hydroxyl groups is 4. The molecule has 0 radical (unpaired) electrons. The van der Waals surface area contributed by atoms with Crippen molar-refractivity contribution in [3.63, 3.8) is 0 Å². The van der Waals surface area contributed by atoms with Crippen LogP contribution in [0.3, 0.4) is 0 Å². The largest absolute Gasteiger partial charge is 0.504 e. The minimum Gasteiger partial charge on any atom is -0.504 e. The molecule has 2 aromatic carbocycles. The van der Waals surface area contributed by atoms with Gasteiger partial charge in [-0.15, -0.1) is 0 Å². The van der Waals surface area contributed by atoms with Crippen molar-refractivity contribution in [3.05, 3.63) is 47.5 Å². The number of ether oxygens (including phenoxy) is 1. The Bertz CT molecular complexity index is 833. The van der Waals surface area contributed by atoms with Crippen LogP contribution in [0.25, 0.3) is 0 Å². The lowest BCUT2D eigenvalue weighted by atomic mass is 9.89. The predicted molar refractivity (Wildman–Crippen MR) is 83.3 cm³/mol. The third kappa shape index (κ3) is 2.98. The highest BCUT2D eigenvalue weighted by atomic mass is 16.7. The van der Waals surface area contributed by atoms with Gasteiger partial charge in [0, 0.05) is 12.0 Å². The average Bonchev–Trinajstić information content (AvgIpc) is 3.22. The molecule has 3 rings (SSSR count). The SMILES string of the molecule is O=C(c1ccc(O)c(O)c1)[C@@H](O)C[C@@]1(c2ccc(O)c(O)c2)O[C@@H]1O. The Kier molecular flexibility index (Phi) is 4.03. The molecule has 0 saturated carbocycles. The number of phenolic OH excluding ortho intramolecular Hbond substituents is 4. The molecule has 8 heteroatoms. The Morgan fingerprint density at radius 2 is 1.56 bits per heavy atom. The monoisotopic (exact) mass is 348 g/mol. The van der Waals surface area contributed by atoms with E-state index in [0.29, 0.717) is 0 Å². The smallest absolute Gasteiger partial charge is 0.191 e. The molecule has 132 valence electrons. The maximum Gasteiger partial charge on any atom is 0.191 e. The molecule has 0 bridgehead atoms. The zero-order valence-electron chi connectivity index (χ0n) is 12.8. The Hall–Kier alpha value is -2.81. The standard InChI is InChI=1S/C17H16O8/c18-10-3-1-8(5-12(10)20)15(23)14(22)7-17(16(24)25-17)9-2-4-11(19)13(21)6-9/h1-6,14,16,18-22,24H,7H2/t14-,16-,17-/m0/s1. The summed E-state index contributed by atoms with van der Waals surface area (Å²) in [5, 5.41) is 57.7. The van der Waals surface area contributed by atoms with E-state index in [0.717, 1.165) is 12.1 Å². The van der Waals surface area contributed by atoms with E-state index in [1.807, 2.05) is 0 Å². The fourth-order valence-corrected chi connectivity index (χ4v) is 2.68. The van der Waals surface area contributed by atoms with Crippen LogP contribution >= 0.6 is 0 Å². The lowest BCUT2D eigenvalue weighted by molar-refractivity contribution is 0.0661. The van der Waals surface area contributed by atoms with Gasteiger partial charge in [-0.25, -0.2) is 0 Å². The van der Waals surface area contributed by atoms with Crippen LogP contribution in [0, 0.1) is 0 Å². The molecule has 1 heterocycles. The number of benzene rings is 2. The lowest BCUT2D eigenvalue weighted by Crippen LogP contribution is -2.28. The summed E-state index contributed by atoms with van der Waals surface area (Å²) in [4.78, 5) is 12.3. The molecule has 0 amide bonds. The van der Waals surface area contributed by atoms with E-state index in [-0.39, 0.29) is 23.3 Å². The van der Waals surface area contributed by atoms with Crippen molar-refractivity contribution in [1.82, 2.24) is 0 Å². The lowest BCUT2D eigenvalue weighted by Gasteiger charge is -2.17. The zero-order chi connectivity index (χ0) is 18.4. The first kappa shape index (κ1) is 17.0. The minimum atomic E-state index is -1.57. The number of rotatable bonds is 5. The van der Waals surface area contributed by atoms with Crippen LogP contribution in [0.5, 0.6) is 23.0 Å². The second-order valence-electron chi connectivity index (χ2n) is 5.85. The van der Waals surface area contributed by atoms with E-state index < -0.39 is 41.0 Å². The third-order valence-electron chi connectivity index (χ3n) is 4.19. The van der Waals surface area contributed by atoms with E-state index >= 15 is 0 Å². The zero-order valence-corrected chi connectivity index (χ0v) is 12.8. The van der Waals surface area contributed by atoms with Crippen molar-refractivity contribution in [2.24, 2.45) is 0 Å². The quantitative estimate of drug-likeness (QED) is 0.262. The topological polar surface area (TPSA) is 151 Å². The van der Waals surface area contributed by atoms with Gasteiger partial charge < -0.3 is 35.4 Å². The van der Waals surface area contributed by atoms with Gasteiger partial charge in [0.25, 0.3) is 0 Å². The Morgan fingerprint density at radius 1 is 1.00 bits per heavy atom. The molecule has 1 aliphatic rings. The van der Waals surface area contributed by atoms with Gasteiger partial charge in [0.2, 0.25) is 0 Å². The summed E-state index contributed by atoms with van der Waals surface area (Å²) >= 11 is 0. The summed E-state index contributed by atoms with van der Waals surface area (Å²) in [6.45, 7) is 0. The van der Waals surface area contributed by atoms with Crippen LogP contribution in [-0.2, 0) is 10.3 Å². The van der Waals surface area contributed by atoms with Crippen molar-refractivity contribution < 1.29 is 40.2 Å². The molecule has 3 atom stereocenters. The number of aliphatic hydroxyl groups is 2. The molecular weight excluding hydrogens is 332 g/mol. The number of aliphatic hydroxyl groups excluding tert-OH is 2. The third-order valence-corrected chi connectivity index (χ3v) is 4.19. The predicted octanol–water partition coefficient (Wildman–Crippen LogP) is 0.687. The first-order valence-corrected chi connectivity index (χ1v) is 7.37. The number of hydrogen-bond acceptors (Lipinski definition) is 8. The van der Waals surface area contributed by atoms with Gasteiger partial charge in [-0.1, -0.05) is 6.07 Å². The van der Waals surface area contributed by atoms with Crippen LogP contribution in [0.1, 0.15) is 22.3 Å². The van der Waals surface area contributed by atoms with E-state index in [4.69, 9.17) is 4.74 Å². The molecule has 0 unspecified atom stereocenters. The molecular formula is C17H16O8. The number of Topliss-reactive ketones (excluding diaryl/α,β-unsaturated/α-hetero) is 1. The number of phenols is 4. The first-order valence-electron chi connectivity index (χ1n) is 7.37. The number of carbonyl (C=O) groups excluding carboxylic acids is 1. The fourth-order valence-electron chi connectivity index (χ4n) is 2.68. The van der Waals surface area contributed by atoms with Crippen LogP contribution in [0.15, 0.2) is 36.4 Å². The van der Waals surface area contributed by atoms with Crippen molar-refractivity contribution in [2.75, 3.05) is 0 Å². The van der Waals surface area contributed by atoms with E-state index in [1.54, 1.807) is 0 Å². The molecule has 25 heavy (non-hydrogen) atoms. The maximum absolute atomic E-state index is 12.3. The second kappa shape index (κ2) is 5.92. The maximum atomic E-state index is 12.3. The van der Waals surface area contributed by atoms with Crippen molar-refractivity contribution in [2.45, 2.75) is 24.4 Å². The average molecular weight is 348 g/mol. The minimum absolute atomic E-state index is 0.0263. The molecule has 8 nitrogen and oxygen atoms in total. The van der Waals surface area contributed by atoms with Gasteiger partial charge in [0.15, 0.2) is 35.1 Å². The Labute approximate surface area is 141 Å². The molecule has 0 aromatic heterocycles. The van der Waals surface area contributed by atoms with Crippen LogP contribution in [0.4, 0.5) is 0 Å². The Morgan fingerprint density at radius 3 is 2.08 bits per heavy atom. The van der Waals surface area contributed by atoms with Gasteiger partial charge in [0.1, 0.15) is 11.7 Å². The number of hydrogen-bond donors (Lipinski definition) is 6. The van der Waals surface area contributed by atoms with Gasteiger partial charge >= 0.3 is 0 Å². The summed E-state index contributed by atoms with van der Waals surface area (Å²) < 4.78 is 5.15. The van der Waals surface area contributed by atoms with Gasteiger partial charge in [-0.3, -0.25) is 4.79 Å². The first-order chi connectivity index (χ1) is 11.7. The van der Waals surface area contributed by atoms with Crippen molar-refractivity contribution in [1.29, 1.82) is 0 Å². The van der Waals surface area contributed by atoms with E-state index in [2.05, 4.69) is 0 Å². The summed E-state index contributed by atoms with van der Waals surface area (Å²) in [5.41, 5.74) is -1.13. The normalized spacial score (nSPS) is 23.2. The summed E-state index contributed by atoms with van der Waals surface area (Å²) in [6.07, 6.45) is -3.16. The summed E-state index contributed by atoms with van der Waals surface area (Å²) in [5.74, 6) is -2.42. The molecule has 1 aliphatic heterocycles. The van der Waals surface area contributed by atoms with Crippen LogP contribution in [0.2, 0.25) is 0 Å². The molecule has 6 N–H and O–H groups in total. The van der Waals surface area contributed by atoms with Gasteiger partial charge in [-0.05, 0) is 35.9 Å². The van der Waals surface area contributed by atoms with Crippen molar-refractivity contribution >= 4 is 5.78 Å². The Balaban J connectivity index is 1.82. The van der Waals surface area contributed by atoms with Gasteiger partial charge in [-0.2, -0.15) is 0 Å². The second-order valence-corrected chi connectivity index (χ2v) is 5.85. The fraction of sp³-hybridized carbons (Fsp3) is 0.235. The van der Waals surface area contributed by atoms with Gasteiger partial charge in [0.05, 0.1) is 0 Å². The summed E-state index contributed by atoms with van der Waals surface area (Å²) in [6, 6.07) is 7.15. The molecule has 2 aromatic rings. The number of carbonyl (C=O) groups is 1. The van der Waals surface area contributed by atoms with E-state index in [9.17, 15) is 35.4 Å². The highest BCUT2D eigenvalue weighted by Crippen LogP contribution is 2.50. The molecule has 1 fully saturated rings. The van der Waals surface area contributed by atoms with E-state index in [1.165, 1.54) is 24.3 Å². The molecule has 0 spiro atoms. The van der Waals surface area contributed by atoms with Crippen molar-refractivity contribution in [3.8, 4) is 23.0 Å². The number of ketones is 1. The highest BCUT2D eigenvalue weighted by molar-refractivity contribution is 5.99. The molecule has 0 aliphatic carbocycles. The van der Waals surface area contributed by atoms with Crippen LogP contribution < -0.4 is 0 Å². The number of epoxide rings is 1. The highest BCUT2D eigenvalue weighted by Gasteiger charge is 2.59. The van der Waals surface area contributed by atoms with Crippen LogP contribution in [-0.4, -0.2) is 48.8 Å². The molecule has 1 saturated heterocycles.